The fourth-order valence-corrected chi connectivity index (χ4v) is 2.39. The van der Waals surface area contributed by atoms with Crippen molar-refractivity contribution < 1.29 is 9.21 Å². The van der Waals surface area contributed by atoms with Gasteiger partial charge in [-0.05, 0) is 44.9 Å². The highest BCUT2D eigenvalue weighted by Crippen LogP contribution is 2.14. The summed E-state index contributed by atoms with van der Waals surface area (Å²) in [6, 6.07) is 12.2. The van der Waals surface area contributed by atoms with E-state index in [1.165, 1.54) is 11.1 Å². The minimum Gasteiger partial charge on any atom is -0.469 e. The molecule has 0 fully saturated rings. The van der Waals surface area contributed by atoms with Crippen molar-refractivity contribution >= 4 is 5.91 Å². The van der Waals surface area contributed by atoms with Crippen molar-refractivity contribution in [2.24, 2.45) is 0 Å². The van der Waals surface area contributed by atoms with Crippen molar-refractivity contribution in [1.82, 2.24) is 5.32 Å². The molecule has 21 heavy (non-hydrogen) atoms. The number of hydrogen-bond acceptors (Lipinski definition) is 2. The van der Waals surface area contributed by atoms with Crippen molar-refractivity contribution in [1.29, 1.82) is 0 Å². The zero-order chi connectivity index (χ0) is 15.3. The lowest BCUT2D eigenvalue weighted by atomic mass is 9.94. The smallest absolute Gasteiger partial charge is 0.220 e. The van der Waals surface area contributed by atoms with Crippen LogP contribution in [-0.2, 0) is 17.6 Å². The van der Waals surface area contributed by atoms with E-state index < -0.39 is 0 Å². The first-order valence-electron chi connectivity index (χ1n) is 7.33. The number of benzene rings is 1. The largest absolute Gasteiger partial charge is 0.469 e. The van der Waals surface area contributed by atoms with Crippen LogP contribution in [-0.4, -0.2) is 11.4 Å². The molecule has 1 N–H and O–H groups in total. The molecule has 1 amide bonds. The summed E-state index contributed by atoms with van der Waals surface area (Å²) >= 11 is 0. The number of aryl methyl sites for hydroxylation is 2. The highest BCUT2D eigenvalue weighted by molar-refractivity contribution is 5.76. The van der Waals surface area contributed by atoms with Crippen LogP contribution < -0.4 is 5.32 Å². The van der Waals surface area contributed by atoms with E-state index in [1.807, 2.05) is 12.1 Å². The molecule has 0 spiro atoms. The van der Waals surface area contributed by atoms with Gasteiger partial charge in [-0.2, -0.15) is 0 Å². The van der Waals surface area contributed by atoms with E-state index in [0.717, 1.165) is 12.2 Å². The van der Waals surface area contributed by atoms with Crippen LogP contribution in [0.4, 0.5) is 0 Å². The molecule has 1 aromatic carbocycles. The zero-order valence-corrected chi connectivity index (χ0v) is 13.0. The maximum atomic E-state index is 12.0. The number of rotatable bonds is 6. The van der Waals surface area contributed by atoms with Gasteiger partial charge in [0.15, 0.2) is 0 Å². The first-order chi connectivity index (χ1) is 9.94. The van der Waals surface area contributed by atoms with E-state index in [9.17, 15) is 4.79 Å². The molecule has 2 rings (SSSR count). The highest BCUT2D eigenvalue weighted by Gasteiger charge is 2.20. The lowest BCUT2D eigenvalue weighted by Gasteiger charge is -2.26. The molecule has 3 heteroatoms. The van der Waals surface area contributed by atoms with Crippen LogP contribution in [0.25, 0.3) is 0 Å². The van der Waals surface area contributed by atoms with Gasteiger partial charge in [-0.25, -0.2) is 0 Å². The average molecular weight is 285 g/mol. The van der Waals surface area contributed by atoms with Gasteiger partial charge < -0.3 is 9.73 Å². The minimum atomic E-state index is -0.254. The molecule has 0 aliphatic carbocycles. The third kappa shape index (κ3) is 5.10. The molecule has 0 radical (unpaired) electrons. The van der Waals surface area contributed by atoms with Crippen LogP contribution in [0.1, 0.15) is 37.2 Å². The summed E-state index contributed by atoms with van der Waals surface area (Å²) in [6.07, 6.45) is 3.54. The Morgan fingerprint density at radius 2 is 1.90 bits per heavy atom. The quantitative estimate of drug-likeness (QED) is 0.880. The van der Waals surface area contributed by atoms with Gasteiger partial charge in [0.2, 0.25) is 5.91 Å². The van der Waals surface area contributed by atoms with Gasteiger partial charge in [0.25, 0.3) is 0 Å². The first kappa shape index (κ1) is 15.4. The standard InChI is InChI=1S/C18H23NO2/c1-14-6-8-15(9-7-14)13-18(2,3)19-17(20)11-10-16-5-4-12-21-16/h4-9,12H,10-11,13H2,1-3H3,(H,19,20). The van der Waals surface area contributed by atoms with E-state index in [2.05, 4.69) is 50.4 Å². The van der Waals surface area contributed by atoms with Crippen molar-refractivity contribution in [2.75, 3.05) is 0 Å². The summed E-state index contributed by atoms with van der Waals surface area (Å²) in [4.78, 5) is 12.0. The SMILES string of the molecule is Cc1ccc(CC(C)(C)NC(=O)CCc2ccco2)cc1. The molecule has 1 heterocycles. The van der Waals surface area contributed by atoms with Crippen LogP contribution in [0.3, 0.4) is 0 Å². The topological polar surface area (TPSA) is 42.2 Å². The lowest BCUT2D eigenvalue weighted by molar-refractivity contribution is -0.122. The van der Waals surface area contributed by atoms with Gasteiger partial charge >= 0.3 is 0 Å². The van der Waals surface area contributed by atoms with Gasteiger partial charge in [0.1, 0.15) is 5.76 Å². The average Bonchev–Trinajstić information content (AvgIpc) is 2.91. The summed E-state index contributed by atoms with van der Waals surface area (Å²) in [5, 5.41) is 3.10. The molecule has 2 aromatic rings. The molecule has 0 unspecified atom stereocenters. The summed E-state index contributed by atoms with van der Waals surface area (Å²) in [5.74, 6) is 0.907. The third-order valence-electron chi connectivity index (χ3n) is 3.42. The van der Waals surface area contributed by atoms with E-state index in [1.54, 1.807) is 6.26 Å². The van der Waals surface area contributed by atoms with Gasteiger partial charge in [-0.3, -0.25) is 4.79 Å². The van der Waals surface area contributed by atoms with Crippen molar-refractivity contribution in [3.8, 4) is 0 Å². The third-order valence-corrected chi connectivity index (χ3v) is 3.42. The molecule has 0 bridgehead atoms. The fraction of sp³-hybridized carbons (Fsp3) is 0.389. The number of nitrogens with one attached hydrogen (secondary N) is 1. The normalized spacial score (nSPS) is 11.4. The Bertz CT molecular complexity index is 568. The molecule has 3 nitrogen and oxygen atoms in total. The van der Waals surface area contributed by atoms with E-state index in [0.29, 0.717) is 12.8 Å². The van der Waals surface area contributed by atoms with Crippen molar-refractivity contribution in [3.63, 3.8) is 0 Å². The zero-order valence-electron chi connectivity index (χ0n) is 13.0. The number of carbonyl (C=O) groups excluding carboxylic acids is 1. The molecular weight excluding hydrogens is 262 g/mol. The number of furan rings is 1. The van der Waals surface area contributed by atoms with E-state index in [-0.39, 0.29) is 11.4 Å². The summed E-state index contributed by atoms with van der Waals surface area (Å²) in [6.45, 7) is 6.18. The summed E-state index contributed by atoms with van der Waals surface area (Å²) in [7, 11) is 0. The predicted octanol–water partition coefficient (Wildman–Crippen LogP) is 3.66. The molecule has 0 aliphatic heterocycles. The predicted molar refractivity (Wildman–Crippen MR) is 84.1 cm³/mol. The van der Waals surface area contributed by atoms with Gasteiger partial charge in [0, 0.05) is 18.4 Å². The number of amides is 1. The Labute approximate surface area is 126 Å². The number of hydrogen-bond donors (Lipinski definition) is 1. The Balaban J connectivity index is 1.84. The molecular formula is C18H23NO2. The summed E-state index contributed by atoms with van der Waals surface area (Å²) < 4.78 is 5.24. The van der Waals surface area contributed by atoms with Crippen molar-refractivity contribution in [3.05, 3.63) is 59.5 Å². The Kier molecular flexibility index (Phi) is 4.84. The van der Waals surface area contributed by atoms with Gasteiger partial charge in [-0.15, -0.1) is 0 Å². The van der Waals surface area contributed by atoms with Crippen molar-refractivity contribution in [2.45, 2.75) is 45.6 Å². The first-order valence-corrected chi connectivity index (χ1v) is 7.33. The molecule has 0 saturated carbocycles. The molecule has 112 valence electrons. The lowest BCUT2D eigenvalue weighted by Crippen LogP contribution is -2.45. The second kappa shape index (κ2) is 6.61. The van der Waals surface area contributed by atoms with Crippen LogP contribution in [0.15, 0.2) is 47.1 Å². The second-order valence-corrected chi connectivity index (χ2v) is 6.17. The van der Waals surface area contributed by atoms with Crippen LogP contribution in [0.2, 0.25) is 0 Å². The summed E-state index contributed by atoms with van der Waals surface area (Å²) in [5.41, 5.74) is 2.23. The Hall–Kier alpha value is -2.03. The molecule has 0 aliphatic rings. The van der Waals surface area contributed by atoms with Crippen LogP contribution >= 0.6 is 0 Å². The van der Waals surface area contributed by atoms with E-state index in [4.69, 9.17) is 4.42 Å². The highest BCUT2D eigenvalue weighted by atomic mass is 16.3. The molecule has 0 atom stereocenters. The molecule has 1 aromatic heterocycles. The van der Waals surface area contributed by atoms with Gasteiger partial charge in [0.05, 0.1) is 6.26 Å². The fourth-order valence-electron chi connectivity index (χ4n) is 2.39. The second-order valence-electron chi connectivity index (χ2n) is 6.17. The Morgan fingerprint density at radius 1 is 1.19 bits per heavy atom. The maximum absolute atomic E-state index is 12.0. The maximum Gasteiger partial charge on any atom is 0.220 e. The number of carbonyl (C=O) groups is 1. The van der Waals surface area contributed by atoms with Crippen LogP contribution in [0.5, 0.6) is 0 Å². The monoisotopic (exact) mass is 285 g/mol. The molecule has 0 saturated heterocycles. The Morgan fingerprint density at radius 3 is 2.52 bits per heavy atom. The van der Waals surface area contributed by atoms with E-state index >= 15 is 0 Å². The minimum absolute atomic E-state index is 0.0588. The van der Waals surface area contributed by atoms with Crippen LogP contribution in [0, 0.1) is 6.92 Å². The van der Waals surface area contributed by atoms with Gasteiger partial charge in [-0.1, -0.05) is 29.8 Å².